The van der Waals surface area contributed by atoms with Crippen LogP contribution in [0.3, 0.4) is 0 Å². The molecule has 160 valence electrons. The molecule has 3 aromatic rings. The number of carbonyl (C=O) groups is 2. The van der Waals surface area contributed by atoms with Gasteiger partial charge in [-0.05, 0) is 54.1 Å². The summed E-state index contributed by atoms with van der Waals surface area (Å²) >= 11 is 9.14. The second-order valence-electron chi connectivity index (χ2n) is 6.94. The molecule has 1 fully saturated rings. The van der Waals surface area contributed by atoms with Gasteiger partial charge < -0.3 is 14.6 Å². The smallest absolute Gasteiger partial charge is 0.251 e. The Hall–Kier alpha value is -2.35. The van der Waals surface area contributed by atoms with Crippen molar-refractivity contribution in [3.8, 4) is 0 Å². The second-order valence-corrected chi connectivity index (χ2v) is 9.62. The number of amides is 2. The van der Waals surface area contributed by atoms with Crippen molar-refractivity contribution in [2.24, 2.45) is 0 Å². The second kappa shape index (κ2) is 10.3. The molecule has 2 heterocycles. The maximum absolute atomic E-state index is 12.4. The van der Waals surface area contributed by atoms with Crippen LogP contribution in [-0.2, 0) is 11.3 Å². The highest BCUT2D eigenvalue weighted by Gasteiger charge is 2.33. The summed E-state index contributed by atoms with van der Waals surface area (Å²) in [6.07, 6.45) is 1.61. The summed E-state index contributed by atoms with van der Waals surface area (Å²) in [5.41, 5.74) is 1.60. The molecule has 0 radical (unpaired) electrons. The Morgan fingerprint density at radius 3 is 2.65 bits per heavy atom. The molecule has 4 rings (SSSR count). The van der Waals surface area contributed by atoms with Crippen LogP contribution in [0, 0.1) is 0 Å². The molecule has 2 aromatic carbocycles. The average molecular weight is 473 g/mol. The van der Waals surface area contributed by atoms with Gasteiger partial charge in [-0.25, -0.2) is 0 Å². The van der Waals surface area contributed by atoms with Gasteiger partial charge in [0.25, 0.3) is 5.91 Å². The molecule has 1 saturated heterocycles. The molecular weight excluding hydrogens is 452 g/mol. The molecule has 5 nitrogen and oxygen atoms in total. The highest BCUT2D eigenvalue weighted by Crippen LogP contribution is 2.39. The summed E-state index contributed by atoms with van der Waals surface area (Å²) in [6, 6.07) is 18.8. The van der Waals surface area contributed by atoms with Gasteiger partial charge in [0, 0.05) is 27.8 Å². The normalized spacial score (nSPS) is 16.0. The highest BCUT2D eigenvalue weighted by molar-refractivity contribution is 8.00. The molecule has 8 heteroatoms. The zero-order valence-corrected chi connectivity index (χ0v) is 19.0. The Morgan fingerprint density at radius 1 is 1.16 bits per heavy atom. The van der Waals surface area contributed by atoms with Crippen LogP contribution in [0.15, 0.2) is 76.2 Å². The zero-order valence-electron chi connectivity index (χ0n) is 16.6. The van der Waals surface area contributed by atoms with Gasteiger partial charge >= 0.3 is 0 Å². The molecule has 0 saturated carbocycles. The van der Waals surface area contributed by atoms with E-state index < -0.39 is 0 Å². The van der Waals surface area contributed by atoms with Crippen LogP contribution in [0.5, 0.6) is 0 Å². The third-order valence-corrected chi connectivity index (χ3v) is 7.32. The summed E-state index contributed by atoms with van der Waals surface area (Å²) in [6.45, 7) is 1.01. The molecule has 1 aliphatic rings. The standard InChI is InChI=1S/C23H21ClN2O3S2/c24-18-7-9-20(10-8-18)30-13-11-25-22(28)16-3-5-17(6-4-16)23-26(21(27)15-31-23)14-19-2-1-12-29-19/h1-10,12,23H,11,13-15H2,(H,25,28). The zero-order chi connectivity index (χ0) is 21.6. The monoisotopic (exact) mass is 472 g/mol. The van der Waals surface area contributed by atoms with E-state index in [-0.39, 0.29) is 17.2 Å². The number of rotatable bonds is 8. The lowest BCUT2D eigenvalue weighted by molar-refractivity contribution is -0.128. The van der Waals surface area contributed by atoms with Crippen molar-refractivity contribution < 1.29 is 14.0 Å². The maximum Gasteiger partial charge on any atom is 0.251 e. The lowest BCUT2D eigenvalue weighted by Gasteiger charge is -2.23. The minimum Gasteiger partial charge on any atom is -0.467 e. The van der Waals surface area contributed by atoms with Gasteiger partial charge in [0.2, 0.25) is 5.91 Å². The summed E-state index contributed by atoms with van der Waals surface area (Å²) in [5.74, 6) is 1.96. The van der Waals surface area contributed by atoms with E-state index in [9.17, 15) is 9.59 Å². The van der Waals surface area contributed by atoms with Crippen molar-refractivity contribution in [3.05, 3.63) is 88.8 Å². The predicted octanol–water partition coefficient (Wildman–Crippen LogP) is 5.23. The van der Waals surface area contributed by atoms with Gasteiger partial charge in [0.05, 0.1) is 18.6 Å². The summed E-state index contributed by atoms with van der Waals surface area (Å²) in [4.78, 5) is 27.7. The first kappa shape index (κ1) is 21.9. The van der Waals surface area contributed by atoms with Crippen LogP contribution < -0.4 is 5.32 Å². The number of carbonyl (C=O) groups excluding carboxylic acids is 2. The number of hydrogen-bond acceptors (Lipinski definition) is 5. The third-order valence-electron chi connectivity index (χ3n) is 4.80. The number of nitrogens with one attached hydrogen (secondary N) is 1. The van der Waals surface area contributed by atoms with Crippen molar-refractivity contribution in [1.82, 2.24) is 10.2 Å². The number of thioether (sulfide) groups is 2. The number of halogens is 1. The van der Waals surface area contributed by atoms with E-state index >= 15 is 0 Å². The first-order valence-corrected chi connectivity index (χ1v) is 12.2. The molecule has 1 aromatic heterocycles. The Labute approximate surface area is 194 Å². The van der Waals surface area contributed by atoms with E-state index in [1.165, 1.54) is 0 Å². The van der Waals surface area contributed by atoms with Gasteiger partial charge in [-0.15, -0.1) is 23.5 Å². The summed E-state index contributed by atoms with van der Waals surface area (Å²) in [7, 11) is 0. The highest BCUT2D eigenvalue weighted by atomic mass is 35.5. The van der Waals surface area contributed by atoms with Crippen LogP contribution in [0.2, 0.25) is 5.02 Å². The van der Waals surface area contributed by atoms with Crippen LogP contribution in [0.4, 0.5) is 0 Å². The van der Waals surface area contributed by atoms with E-state index in [4.69, 9.17) is 16.0 Å². The molecule has 1 aliphatic heterocycles. The fraction of sp³-hybridized carbons (Fsp3) is 0.217. The van der Waals surface area contributed by atoms with Crippen molar-refractivity contribution in [2.45, 2.75) is 16.8 Å². The molecular formula is C23H21ClN2O3S2. The minimum absolute atomic E-state index is 0.0783. The molecule has 1 atom stereocenters. The summed E-state index contributed by atoms with van der Waals surface area (Å²) in [5, 5.41) is 3.58. The average Bonchev–Trinajstić information content (AvgIpc) is 3.43. The first-order chi connectivity index (χ1) is 15.1. The van der Waals surface area contributed by atoms with Crippen LogP contribution >= 0.6 is 35.1 Å². The van der Waals surface area contributed by atoms with Crippen molar-refractivity contribution in [1.29, 1.82) is 0 Å². The fourth-order valence-corrected chi connectivity index (χ4v) is 5.32. The predicted molar refractivity (Wildman–Crippen MR) is 125 cm³/mol. The van der Waals surface area contributed by atoms with Crippen molar-refractivity contribution >= 4 is 46.9 Å². The topological polar surface area (TPSA) is 62.6 Å². The maximum atomic E-state index is 12.4. The molecule has 1 N–H and O–H groups in total. The van der Waals surface area contributed by atoms with E-state index in [2.05, 4.69) is 5.32 Å². The Kier molecular flexibility index (Phi) is 7.27. The van der Waals surface area contributed by atoms with E-state index in [1.54, 1.807) is 29.8 Å². The quantitative estimate of drug-likeness (QED) is 0.359. The number of benzene rings is 2. The van der Waals surface area contributed by atoms with Crippen molar-refractivity contribution in [2.75, 3.05) is 18.1 Å². The van der Waals surface area contributed by atoms with Crippen molar-refractivity contribution in [3.63, 3.8) is 0 Å². The SMILES string of the molecule is O=C(NCCSc1ccc(Cl)cc1)c1ccc(C2SCC(=O)N2Cc2ccco2)cc1. The van der Waals surface area contributed by atoms with E-state index in [1.807, 2.05) is 65.6 Å². The largest absolute Gasteiger partial charge is 0.467 e. The van der Waals surface area contributed by atoms with Gasteiger partial charge in [0.15, 0.2) is 0 Å². The number of nitrogens with zero attached hydrogens (tertiary/aromatic N) is 1. The molecule has 0 spiro atoms. The van der Waals surface area contributed by atoms with Crippen LogP contribution in [-0.4, -0.2) is 34.8 Å². The van der Waals surface area contributed by atoms with Gasteiger partial charge in [-0.2, -0.15) is 0 Å². The molecule has 1 unspecified atom stereocenters. The number of furan rings is 1. The van der Waals surface area contributed by atoms with Gasteiger partial charge in [-0.3, -0.25) is 9.59 Å². The van der Waals surface area contributed by atoms with E-state index in [0.29, 0.717) is 29.4 Å². The minimum atomic E-state index is -0.106. The lowest BCUT2D eigenvalue weighted by atomic mass is 10.1. The molecule has 2 amide bonds. The Morgan fingerprint density at radius 2 is 1.94 bits per heavy atom. The first-order valence-electron chi connectivity index (χ1n) is 9.80. The van der Waals surface area contributed by atoms with Gasteiger partial charge in [-0.1, -0.05) is 23.7 Å². The molecule has 0 aliphatic carbocycles. The Bertz CT molecular complexity index is 1020. The number of hydrogen-bond donors (Lipinski definition) is 1. The van der Waals surface area contributed by atoms with Gasteiger partial charge in [0.1, 0.15) is 11.1 Å². The molecule has 0 bridgehead atoms. The van der Waals surface area contributed by atoms with E-state index in [0.717, 1.165) is 22.0 Å². The molecule has 31 heavy (non-hydrogen) atoms. The fourth-order valence-electron chi connectivity index (χ4n) is 3.24. The third kappa shape index (κ3) is 5.67. The lowest BCUT2D eigenvalue weighted by Crippen LogP contribution is -2.28. The Balaban J connectivity index is 1.30. The van der Waals surface area contributed by atoms with Crippen LogP contribution in [0.25, 0.3) is 0 Å². The summed E-state index contributed by atoms with van der Waals surface area (Å²) < 4.78 is 5.40. The van der Waals surface area contributed by atoms with Crippen LogP contribution in [0.1, 0.15) is 27.1 Å².